The van der Waals surface area contributed by atoms with E-state index < -0.39 is 0 Å². The van der Waals surface area contributed by atoms with E-state index in [-0.39, 0.29) is 23.9 Å². The number of hydrogen-bond donors (Lipinski definition) is 0. The molecule has 2 aromatic rings. The normalized spacial score (nSPS) is 18.8. The number of pyridine rings is 1. The number of amides is 1. The molecule has 2 heterocycles. The van der Waals surface area contributed by atoms with Crippen LogP contribution in [-0.2, 0) is 14.3 Å². The molecule has 0 unspecified atom stereocenters. The molecule has 1 amide bonds. The molecule has 25 heavy (non-hydrogen) atoms. The molecule has 0 bridgehead atoms. The summed E-state index contributed by atoms with van der Waals surface area (Å²) in [6, 6.07) is 9.87. The van der Waals surface area contributed by atoms with Crippen molar-refractivity contribution in [2.24, 2.45) is 5.92 Å². The van der Waals surface area contributed by atoms with E-state index in [9.17, 15) is 9.59 Å². The summed E-state index contributed by atoms with van der Waals surface area (Å²) in [6.07, 6.45) is 3.49. The molecule has 3 rings (SSSR count). The third-order valence-corrected chi connectivity index (χ3v) is 4.78. The average Bonchev–Trinajstić information content (AvgIpc) is 2.66. The predicted molar refractivity (Wildman–Crippen MR) is 95.8 cm³/mol. The van der Waals surface area contributed by atoms with Crippen molar-refractivity contribution < 1.29 is 14.3 Å². The largest absolute Gasteiger partial charge is 0.457 e. The highest BCUT2D eigenvalue weighted by molar-refractivity contribution is 5.80. The number of piperidine rings is 1. The third kappa shape index (κ3) is 3.98. The van der Waals surface area contributed by atoms with Gasteiger partial charge in [-0.15, -0.1) is 0 Å². The molecule has 1 aromatic carbocycles. The van der Waals surface area contributed by atoms with Crippen LogP contribution in [0.4, 0.5) is 0 Å². The molecule has 5 nitrogen and oxygen atoms in total. The van der Waals surface area contributed by atoms with Crippen LogP contribution in [0.25, 0.3) is 10.9 Å². The van der Waals surface area contributed by atoms with Crippen LogP contribution < -0.4 is 0 Å². The quantitative estimate of drug-likeness (QED) is 0.800. The Labute approximate surface area is 148 Å². The first kappa shape index (κ1) is 17.4. The minimum absolute atomic E-state index is 0.101. The van der Waals surface area contributed by atoms with E-state index in [0.29, 0.717) is 13.0 Å². The first-order valence-corrected chi connectivity index (χ1v) is 8.91. The van der Waals surface area contributed by atoms with Crippen LogP contribution in [0, 0.1) is 5.92 Å². The minimum Gasteiger partial charge on any atom is -0.457 e. The molecule has 1 aliphatic heterocycles. The molecule has 1 aliphatic rings. The number of carbonyl (C=O) groups excluding carboxylic acids is 2. The molecular formula is C20H24N2O3. The molecule has 5 heteroatoms. The van der Waals surface area contributed by atoms with Crippen molar-refractivity contribution in [3.05, 3.63) is 42.1 Å². The van der Waals surface area contributed by atoms with Crippen molar-refractivity contribution >= 4 is 22.8 Å². The summed E-state index contributed by atoms with van der Waals surface area (Å²) in [5, 5.41) is 1.03. The molecule has 2 atom stereocenters. The topological polar surface area (TPSA) is 59.5 Å². The van der Waals surface area contributed by atoms with Gasteiger partial charge in [0, 0.05) is 36.7 Å². The fourth-order valence-electron chi connectivity index (χ4n) is 3.27. The van der Waals surface area contributed by atoms with E-state index in [1.165, 1.54) is 0 Å². The summed E-state index contributed by atoms with van der Waals surface area (Å²) < 4.78 is 5.67. The van der Waals surface area contributed by atoms with Crippen LogP contribution in [0.3, 0.4) is 0 Å². The van der Waals surface area contributed by atoms with Crippen molar-refractivity contribution in [2.45, 2.75) is 39.2 Å². The standard InChI is InChI=1S/C20H24N2O3/c1-3-19(23)22-10-6-8-16(13-22)20(24)25-14(2)17-11-15-7-4-5-9-18(15)21-12-17/h4-5,7,9,11-12,14,16H,3,6,8,10,13H2,1-2H3/t14-,16+/m0/s1. The van der Waals surface area contributed by atoms with Crippen molar-refractivity contribution in [2.75, 3.05) is 13.1 Å². The zero-order valence-electron chi connectivity index (χ0n) is 14.8. The van der Waals surface area contributed by atoms with Gasteiger partial charge < -0.3 is 9.64 Å². The first-order chi connectivity index (χ1) is 12.1. The zero-order valence-corrected chi connectivity index (χ0v) is 14.8. The van der Waals surface area contributed by atoms with Gasteiger partial charge in [0.1, 0.15) is 6.10 Å². The Morgan fingerprint density at radius 3 is 2.96 bits per heavy atom. The molecule has 1 saturated heterocycles. The van der Waals surface area contributed by atoms with Gasteiger partial charge in [-0.3, -0.25) is 14.6 Å². The first-order valence-electron chi connectivity index (χ1n) is 8.91. The second-order valence-corrected chi connectivity index (χ2v) is 6.57. The van der Waals surface area contributed by atoms with E-state index in [1.807, 2.05) is 44.2 Å². The Balaban J connectivity index is 1.65. The SMILES string of the molecule is CCC(=O)N1CCC[C@@H](C(=O)O[C@@H](C)c2cnc3ccccc3c2)C1. The molecule has 0 saturated carbocycles. The number of nitrogens with zero attached hydrogens (tertiary/aromatic N) is 2. The fourth-order valence-corrected chi connectivity index (χ4v) is 3.27. The average molecular weight is 340 g/mol. The van der Waals surface area contributed by atoms with E-state index in [0.717, 1.165) is 35.9 Å². The molecule has 0 N–H and O–H groups in total. The molecular weight excluding hydrogens is 316 g/mol. The van der Waals surface area contributed by atoms with Crippen molar-refractivity contribution in [3.8, 4) is 0 Å². The summed E-state index contributed by atoms with van der Waals surface area (Å²) >= 11 is 0. The van der Waals surface area contributed by atoms with Gasteiger partial charge in [-0.2, -0.15) is 0 Å². The Bertz CT molecular complexity index is 774. The van der Waals surface area contributed by atoms with Gasteiger partial charge in [0.15, 0.2) is 0 Å². The Kier molecular flexibility index (Phi) is 5.31. The van der Waals surface area contributed by atoms with Crippen LogP contribution >= 0.6 is 0 Å². The number of rotatable bonds is 4. The summed E-state index contributed by atoms with van der Waals surface area (Å²) in [5.74, 6) is -0.362. The number of para-hydroxylation sites is 1. The third-order valence-electron chi connectivity index (χ3n) is 4.78. The lowest BCUT2D eigenvalue weighted by molar-refractivity contribution is -0.156. The number of ether oxygens (including phenoxy) is 1. The molecule has 0 spiro atoms. The lowest BCUT2D eigenvalue weighted by Crippen LogP contribution is -2.42. The maximum Gasteiger partial charge on any atom is 0.311 e. The second-order valence-electron chi connectivity index (χ2n) is 6.57. The number of likely N-dealkylation sites (tertiary alicyclic amines) is 1. The lowest BCUT2D eigenvalue weighted by atomic mass is 9.98. The van der Waals surface area contributed by atoms with Gasteiger partial charge in [0.05, 0.1) is 11.4 Å². The Morgan fingerprint density at radius 1 is 1.36 bits per heavy atom. The van der Waals surface area contributed by atoms with Crippen LogP contribution in [-0.4, -0.2) is 34.8 Å². The molecule has 1 aromatic heterocycles. The van der Waals surface area contributed by atoms with Crippen molar-refractivity contribution in [3.63, 3.8) is 0 Å². The summed E-state index contributed by atoms with van der Waals surface area (Å²) in [5.41, 5.74) is 1.80. The number of fused-ring (bicyclic) bond motifs is 1. The van der Waals surface area contributed by atoms with E-state index in [4.69, 9.17) is 4.74 Å². The summed E-state index contributed by atoms with van der Waals surface area (Å²) in [7, 11) is 0. The summed E-state index contributed by atoms with van der Waals surface area (Å²) in [6.45, 7) is 4.91. The van der Waals surface area contributed by atoms with Gasteiger partial charge in [-0.05, 0) is 31.9 Å². The maximum atomic E-state index is 12.5. The van der Waals surface area contributed by atoms with E-state index in [1.54, 1.807) is 11.1 Å². The van der Waals surface area contributed by atoms with E-state index >= 15 is 0 Å². The van der Waals surface area contributed by atoms with Gasteiger partial charge in [-0.1, -0.05) is 25.1 Å². The zero-order chi connectivity index (χ0) is 17.8. The predicted octanol–water partition coefficient (Wildman–Crippen LogP) is 3.49. The molecule has 1 fully saturated rings. The second kappa shape index (κ2) is 7.64. The van der Waals surface area contributed by atoms with Gasteiger partial charge >= 0.3 is 5.97 Å². The highest BCUT2D eigenvalue weighted by Gasteiger charge is 2.30. The highest BCUT2D eigenvalue weighted by Crippen LogP contribution is 2.24. The van der Waals surface area contributed by atoms with Crippen LogP contribution in [0.1, 0.15) is 44.8 Å². The van der Waals surface area contributed by atoms with Gasteiger partial charge in [0.25, 0.3) is 0 Å². The smallest absolute Gasteiger partial charge is 0.311 e. The Morgan fingerprint density at radius 2 is 2.16 bits per heavy atom. The van der Waals surface area contributed by atoms with Gasteiger partial charge in [0.2, 0.25) is 5.91 Å². The van der Waals surface area contributed by atoms with Gasteiger partial charge in [-0.25, -0.2) is 0 Å². The van der Waals surface area contributed by atoms with Crippen LogP contribution in [0.5, 0.6) is 0 Å². The highest BCUT2D eigenvalue weighted by atomic mass is 16.5. The van der Waals surface area contributed by atoms with Crippen LogP contribution in [0.15, 0.2) is 36.5 Å². The minimum atomic E-state index is -0.359. The van der Waals surface area contributed by atoms with Crippen LogP contribution in [0.2, 0.25) is 0 Å². The number of carbonyl (C=O) groups is 2. The number of benzene rings is 1. The molecule has 0 radical (unpaired) electrons. The van der Waals surface area contributed by atoms with E-state index in [2.05, 4.69) is 4.98 Å². The fraction of sp³-hybridized carbons (Fsp3) is 0.450. The van der Waals surface area contributed by atoms with Crippen molar-refractivity contribution in [1.82, 2.24) is 9.88 Å². The molecule has 0 aliphatic carbocycles. The van der Waals surface area contributed by atoms with Crippen molar-refractivity contribution in [1.29, 1.82) is 0 Å². The number of aromatic nitrogens is 1. The maximum absolute atomic E-state index is 12.5. The lowest BCUT2D eigenvalue weighted by Gasteiger charge is -2.32. The number of esters is 1. The number of hydrogen-bond acceptors (Lipinski definition) is 4. The summed E-state index contributed by atoms with van der Waals surface area (Å²) in [4.78, 5) is 30.6. The monoisotopic (exact) mass is 340 g/mol. The molecule has 132 valence electrons. The Hall–Kier alpha value is -2.43.